The van der Waals surface area contributed by atoms with Crippen LogP contribution in [0.1, 0.15) is 94.3 Å². The lowest BCUT2D eigenvalue weighted by Gasteiger charge is -2.02. The minimum atomic E-state index is 0.146. The molecule has 0 unspecified atom stereocenters. The molecule has 0 N–H and O–H groups in total. The summed E-state index contributed by atoms with van der Waals surface area (Å²) in [5.74, 6) is 0. The molecule has 1 aromatic rings. The maximum Gasteiger partial charge on any atom is 0.219 e. The molecule has 2 nitrogen and oxygen atoms in total. The summed E-state index contributed by atoms with van der Waals surface area (Å²) >= 11 is 1.27. The third kappa shape index (κ3) is 10.1. The zero-order chi connectivity index (χ0) is 17.5. The summed E-state index contributed by atoms with van der Waals surface area (Å²) in [5.41, 5.74) is 0.799. The highest BCUT2D eigenvalue weighted by molar-refractivity contribution is 8.13. The van der Waals surface area contributed by atoms with Crippen molar-refractivity contribution >= 4 is 16.9 Å². The first-order valence-corrected chi connectivity index (χ1v) is 11.1. The van der Waals surface area contributed by atoms with Crippen LogP contribution in [0.4, 0.5) is 0 Å². The summed E-state index contributed by atoms with van der Waals surface area (Å²) in [7, 11) is 0. The first-order valence-electron chi connectivity index (χ1n) is 9.85. The number of nitrogens with zero attached hydrogens (tertiary/aromatic N) is 1. The Morgan fingerprint density at radius 3 is 1.75 bits per heavy atom. The van der Waals surface area contributed by atoms with Crippen LogP contribution in [0.15, 0.2) is 24.5 Å². The van der Waals surface area contributed by atoms with Gasteiger partial charge in [-0.25, -0.2) is 4.57 Å². The highest BCUT2D eigenvalue weighted by atomic mass is 32.2. The molecule has 0 aliphatic heterocycles. The second kappa shape index (κ2) is 14.5. The largest absolute Gasteiger partial charge is 0.282 e. The summed E-state index contributed by atoms with van der Waals surface area (Å²) in [6.07, 6.45) is 22.5. The number of rotatable bonds is 14. The van der Waals surface area contributed by atoms with E-state index >= 15 is 0 Å². The van der Waals surface area contributed by atoms with E-state index in [1.54, 1.807) is 0 Å². The molecule has 1 rings (SSSR count). The van der Waals surface area contributed by atoms with E-state index in [1.165, 1.54) is 88.8 Å². The van der Waals surface area contributed by atoms with Crippen molar-refractivity contribution in [3.8, 4) is 0 Å². The molecule has 0 radical (unpaired) electrons. The Labute approximate surface area is 153 Å². The van der Waals surface area contributed by atoms with Gasteiger partial charge in [-0.1, -0.05) is 82.9 Å². The van der Waals surface area contributed by atoms with Crippen LogP contribution in [0, 0.1) is 0 Å². The van der Waals surface area contributed by atoms with Crippen LogP contribution < -0.4 is 4.57 Å². The molecule has 1 aromatic heterocycles. The predicted octanol–water partition coefficient (Wildman–Crippen LogP) is 6.18. The number of unbranched alkanes of at least 4 members (excludes halogenated alkanes) is 11. The summed E-state index contributed by atoms with van der Waals surface area (Å²) < 4.78 is 2.19. The molecule has 0 saturated heterocycles. The molecule has 0 atom stereocenters. The second-order valence-electron chi connectivity index (χ2n) is 6.71. The van der Waals surface area contributed by atoms with Gasteiger partial charge in [0, 0.05) is 24.1 Å². The van der Waals surface area contributed by atoms with Crippen molar-refractivity contribution < 1.29 is 9.36 Å². The van der Waals surface area contributed by atoms with E-state index in [4.69, 9.17) is 0 Å². The Hall–Kier alpha value is -0.830. The molecule has 24 heavy (non-hydrogen) atoms. The first-order chi connectivity index (χ1) is 11.8. The Balaban J connectivity index is 1.94. The van der Waals surface area contributed by atoms with Gasteiger partial charge in [0.1, 0.15) is 6.54 Å². The van der Waals surface area contributed by atoms with Gasteiger partial charge in [-0.2, -0.15) is 0 Å². The van der Waals surface area contributed by atoms with Crippen LogP contribution >= 0.6 is 11.8 Å². The Morgan fingerprint density at radius 1 is 0.833 bits per heavy atom. The fourth-order valence-electron chi connectivity index (χ4n) is 3.00. The van der Waals surface area contributed by atoms with Crippen molar-refractivity contribution in [2.24, 2.45) is 0 Å². The fourth-order valence-corrected chi connectivity index (χ4v) is 3.37. The first kappa shape index (κ1) is 21.2. The Morgan fingerprint density at radius 2 is 1.29 bits per heavy atom. The summed E-state index contributed by atoms with van der Waals surface area (Å²) in [4.78, 5) is 11.6. The number of aryl methyl sites for hydroxylation is 1. The standard InChI is InChI=1S/C21H36NOS/c1-3-4-5-6-7-8-9-10-11-12-13-14-17-22-18-15-20(16-19-22)21(23)24-2/h15-16,18-19H,3-14,17H2,1-2H3/q+1. The predicted molar refractivity (Wildman–Crippen MR) is 106 cm³/mol. The number of hydrogen-bond acceptors (Lipinski definition) is 2. The molecule has 0 aliphatic rings. The second-order valence-corrected chi connectivity index (χ2v) is 7.48. The van der Waals surface area contributed by atoms with Crippen molar-refractivity contribution in [1.82, 2.24) is 0 Å². The van der Waals surface area contributed by atoms with Gasteiger partial charge in [0.2, 0.25) is 5.12 Å². The van der Waals surface area contributed by atoms with E-state index in [0.29, 0.717) is 0 Å². The summed E-state index contributed by atoms with van der Waals surface area (Å²) in [5, 5.41) is 0.146. The van der Waals surface area contributed by atoms with Gasteiger partial charge in [0.15, 0.2) is 12.4 Å². The number of carbonyl (C=O) groups excluding carboxylic acids is 1. The van der Waals surface area contributed by atoms with E-state index in [9.17, 15) is 4.79 Å². The maximum atomic E-state index is 11.6. The molecule has 0 aromatic carbocycles. The van der Waals surface area contributed by atoms with Gasteiger partial charge in [-0.05, 0) is 12.7 Å². The SMILES string of the molecule is CCCCCCCCCCCCCC[n+]1ccc(C(=O)SC)cc1. The molecule has 0 aliphatic carbocycles. The molecular weight excluding hydrogens is 314 g/mol. The number of thioether (sulfide) groups is 1. The summed E-state index contributed by atoms with van der Waals surface area (Å²) in [6, 6.07) is 3.86. The Kier molecular flexibility index (Phi) is 12.8. The number of aromatic nitrogens is 1. The Bertz CT molecular complexity index is 430. The topological polar surface area (TPSA) is 20.9 Å². The molecule has 1 heterocycles. The number of pyridine rings is 1. The number of hydrogen-bond donors (Lipinski definition) is 0. The van der Waals surface area contributed by atoms with Crippen molar-refractivity contribution in [3.63, 3.8) is 0 Å². The monoisotopic (exact) mass is 350 g/mol. The van der Waals surface area contributed by atoms with Crippen molar-refractivity contribution in [1.29, 1.82) is 0 Å². The lowest BCUT2D eigenvalue weighted by atomic mass is 10.1. The summed E-state index contributed by atoms with van der Waals surface area (Å²) in [6.45, 7) is 3.34. The van der Waals surface area contributed by atoms with Gasteiger partial charge in [-0.15, -0.1) is 0 Å². The van der Waals surface area contributed by atoms with Gasteiger partial charge >= 0.3 is 0 Å². The van der Waals surface area contributed by atoms with E-state index in [2.05, 4.69) is 11.5 Å². The quantitative estimate of drug-likeness (QED) is 0.295. The van der Waals surface area contributed by atoms with E-state index in [1.807, 2.05) is 30.8 Å². The minimum Gasteiger partial charge on any atom is -0.282 e. The van der Waals surface area contributed by atoms with Crippen molar-refractivity contribution in [2.45, 2.75) is 90.5 Å². The molecule has 0 amide bonds. The zero-order valence-corrected chi connectivity index (χ0v) is 16.6. The van der Waals surface area contributed by atoms with Gasteiger partial charge < -0.3 is 0 Å². The van der Waals surface area contributed by atoms with Gasteiger partial charge in [0.05, 0.1) is 0 Å². The zero-order valence-electron chi connectivity index (χ0n) is 15.8. The number of carbonyl (C=O) groups is 1. The fraction of sp³-hybridized carbons (Fsp3) is 0.714. The molecular formula is C21H36NOS+. The maximum absolute atomic E-state index is 11.6. The third-order valence-electron chi connectivity index (χ3n) is 4.58. The van der Waals surface area contributed by atoms with E-state index in [0.717, 1.165) is 12.1 Å². The van der Waals surface area contributed by atoms with Crippen molar-refractivity contribution in [3.05, 3.63) is 30.1 Å². The van der Waals surface area contributed by atoms with E-state index in [-0.39, 0.29) is 5.12 Å². The normalized spacial score (nSPS) is 10.9. The van der Waals surface area contributed by atoms with Crippen LogP contribution in [0.5, 0.6) is 0 Å². The van der Waals surface area contributed by atoms with Crippen molar-refractivity contribution in [2.75, 3.05) is 6.26 Å². The third-order valence-corrected chi connectivity index (χ3v) is 5.19. The average molecular weight is 351 g/mol. The van der Waals surface area contributed by atoms with Gasteiger partial charge in [-0.3, -0.25) is 4.79 Å². The molecule has 0 bridgehead atoms. The van der Waals surface area contributed by atoms with E-state index < -0.39 is 0 Å². The van der Waals surface area contributed by atoms with Gasteiger partial charge in [0.25, 0.3) is 0 Å². The average Bonchev–Trinajstić information content (AvgIpc) is 2.62. The van der Waals surface area contributed by atoms with Crippen LogP contribution in [0.3, 0.4) is 0 Å². The highest BCUT2D eigenvalue weighted by Crippen LogP contribution is 2.12. The molecule has 136 valence electrons. The molecule has 0 fully saturated rings. The van der Waals surface area contributed by atoms with Crippen LogP contribution in [0.2, 0.25) is 0 Å². The van der Waals surface area contributed by atoms with Crippen LogP contribution in [-0.4, -0.2) is 11.4 Å². The lowest BCUT2D eigenvalue weighted by Crippen LogP contribution is -2.32. The minimum absolute atomic E-state index is 0.146. The molecule has 0 saturated carbocycles. The van der Waals surface area contributed by atoms with Crippen LogP contribution in [0.25, 0.3) is 0 Å². The lowest BCUT2D eigenvalue weighted by molar-refractivity contribution is -0.697. The molecule has 3 heteroatoms. The smallest absolute Gasteiger partial charge is 0.219 e. The van der Waals surface area contributed by atoms with Crippen LogP contribution in [-0.2, 0) is 6.54 Å². The highest BCUT2D eigenvalue weighted by Gasteiger charge is 2.06. The molecule has 0 spiro atoms.